The Labute approximate surface area is 149 Å². The van der Waals surface area contributed by atoms with E-state index >= 15 is 0 Å². The maximum atomic E-state index is 11.7. The van der Waals surface area contributed by atoms with Gasteiger partial charge in [0.05, 0.1) is 0 Å². The lowest BCUT2D eigenvalue weighted by molar-refractivity contribution is 0.319. The standard InChI is InChI=1S/C18H24N4O2S/c1-14-11-22(12-15-6-4-3-5-7-15)13-17(14)21-18-9-8-16(10-20-18)25(23,24)19-2/h3-10,14,17,19H,11-13H2,1-2H3,(H,20,21). The second-order valence-electron chi connectivity index (χ2n) is 6.49. The monoisotopic (exact) mass is 360 g/mol. The number of aromatic nitrogens is 1. The van der Waals surface area contributed by atoms with Crippen molar-refractivity contribution in [3.05, 3.63) is 54.2 Å². The highest BCUT2D eigenvalue weighted by atomic mass is 32.2. The molecule has 1 aromatic carbocycles. The molecule has 6 nitrogen and oxygen atoms in total. The number of hydrogen-bond donors (Lipinski definition) is 2. The number of nitrogens with zero attached hydrogens (tertiary/aromatic N) is 2. The molecule has 0 spiro atoms. The predicted molar refractivity (Wildman–Crippen MR) is 98.8 cm³/mol. The van der Waals surface area contributed by atoms with Crippen LogP contribution in [-0.4, -0.2) is 44.5 Å². The maximum Gasteiger partial charge on any atom is 0.241 e. The first-order valence-electron chi connectivity index (χ1n) is 8.40. The Morgan fingerprint density at radius 2 is 1.92 bits per heavy atom. The summed E-state index contributed by atoms with van der Waals surface area (Å²) < 4.78 is 25.8. The number of pyridine rings is 1. The highest BCUT2D eigenvalue weighted by Crippen LogP contribution is 2.22. The number of rotatable bonds is 6. The van der Waals surface area contributed by atoms with Crippen LogP contribution in [-0.2, 0) is 16.6 Å². The van der Waals surface area contributed by atoms with Crippen LogP contribution in [0.4, 0.5) is 5.82 Å². The summed E-state index contributed by atoms with van der Waals surface area (Å²) in [6.07, 6.45) is 1.38. The number of benzene rings is 1. The normalized spacial score (nSPS) is 21.4. The molecule has 7 heteroatoms. The zero-order valence-corrected chi connectivity index (χ0v) is 15.3. The minimum absolute atomic E-state index is 0.172. The number of anilines is 1. The van der Waals surface area contributed by atoms with Crippen LogP contribution in [0, 0.1) is 5.92 Å². The molecule has 2 N–H and O–H groups in total. The summed E-state index contributed by atoms with van der Waals surface area (Å²) in [5, 5.41) is 3.44. The molecule has 134 valence electrons. The largest absolute Gasteiger partial charge is 0.366 e. The fourth-order valence-corrected chi connectivity index (χ4v) is 3.83. The van der Waals surface area contributed by atoms with E-state index in [2.05, 4.69) is 51.1 Å². The van der Waals surface area contributed by atoms with Gasteiger partial charge in [-0.1, -0.05) is 37.3 Å². The van der Waals surface area contributed by atoms with E-state index in [9.17, 15) is 8.42 Å². The van der Waals surface area contributed by atoms with E-state index in [1.165, 1.54) is 18.8 Å². The van der Waals surface area contributed by atoms with Crippen LogP contribution in [0.5, 0.6) is 0 Å². The molecule has 25 heavy (non-hydrogen) atoms. The van der Waals surface area contributed by atoms with E-state index in [0.717, 1.165) is 19.6 Å². The Morgan fingerprint density at radius 1 is 1.16 bits per heavy atom. The highest BCUT2D eigenvalue weighted by Gasteiger charge is 2.29. The second kappa shape index (κ2) is 7.51. The molecule has 0 aliphatic carbocycles. The van der Waals surface area contributed by atoms with E-state index in [1.807, 2.05) is 6.07 Å². The van der Waals surface area contributed by atoms with Gasteiger partial charge in [-0.25, -0.2) is 18.1 Å². The van der Waals surface area contributed by atoms with Crippen molar-refractivity contribution in [2.45, 2.75) is 24.4 Å². The molecule has 3 rings (SSSR count). The molecule has 0 radical (unpaired) electrons. The third-order valence-electron chi connectivity index (χ3n) is 4.59. The lowest BCUT2D eigenvalue weighted by atomic mass is 10.1. The number of hydrogen-bond acceptors (Lipinski definition) is 5. The minimum atomic E-state index is -3.44. The molecule has 2 aromatic rings. The van der Waals surface area contributed by atoms with Crippen molar-refractivity contribution >= 4 is 15.8 Å². The summed E-state index contributed by atoms with van der Waals surface area (Å²) in [7, 11) is -2.05. The summed E-state index contributed by atoms with van der Waals surface area (Å²) >= 11 is 0. The summed E-state index contributed by atoms with van der Waals surface area (Å²) in [6.45, 7) is 5.13. The van der Waals surface area contributed by atoms with Gasteiger partial charge in [-0.3, -0.25) is 4.90 Å². The third-order valence-corrected chi connectivity index (χ3v) is 5.99. The van der Waals surface area contributed by atoms with Gasteiger partial charge in [0.1, 0.15) is 10.7 Å². The van der Waals surface area contributed by atoms with Gasteiger partial charge >= 0.3 is 0 Å². The van der Waals surface area contributed by atoms with Gasteiger partial charge in [-0.2, -0.15) is 0 Å². The van der Waals surface area contributed by atoms with E-state index in [4.69, 9.17) is 0 Å². The van der Waals surface area contributed by atoms with Gasteiger partial charge in [0.15, 0.2) is 0 Å². The Bertz CT molecular complexity index is 794. The minimum Gasteiger partial charge on any atom is -0.366 e. The molecule has 1 saturated heterocycles. The summed E-state index contributed by atoms with van der Waals surface area (Å²) in [4.78, 5) is 6.85. The van der Waals surface area contributed by atoms with Crippen LogP contribution in [0.25, 0.3) is 0 Å². The first-order chi connectivity index (χ1) is 12.0. The Kier molecular flexibility index (Phi) is 5.36. The average Bonchev–Trinajstić information content (AvgIpc) is 2.95. The van der Waals surface area contributed by atoms with Gasteiger partial charge in [0.2, 0.25) is 10.0 Å². The van der Waals surface area contributed by atoms with E-state index in [1.54, 1.807) is 12.1 Å². The Balaban J connectivity index is 1.61. The smallest absolute Gasteiger partial charge is 0.241 e. The van der Waals surface area contributed by atoms with E-state index in [-0.39, 0.29) is 4.90 Å². The maximum absolute atomic E-state index is 11.7. The lowest BCUT2D eigenvalue weighted by Crippen LogP contribution is -2.28. The number of likely N-dealkylation sites (tertiary alicyclic amines) is 1. The quantitative estimate of drug-likeness (QED) is 0.823. The second-order valence-corrected chi connectivity index (χ2v) is 8.38. The van der Waals surface area contributed by atoms with Crippen molar-refractivity contribution in [1.82, 2.24) is 14.6 Å². The molecule has 1 aliphatic heterocycles. The van der Waals surface area contributed by atoms with E-state index < -0.39 is 10.0 Å². The highest BCUT2D eigenvalue weighted by molar-refractivity contribution is 7.89. The summed E-state index contributed by atoms with van der Waals surface area (Å²) in [6, 6.07) is 14.0. The van der Waals surface area contributed by atoms with Crippen molar-refractivity contribution < 1.29 is 8.42 Å². The molecule has 2 atom stereocenters. The zero-order valence-electron chi connectivity index (χ0n) is 14.5. The van der Waals surface area contributed by atoms with Gasteiger partial charge in [-0.15, -0.1) is 0 Å². The van der Waals surface area contributed by atoms with Crippen molar-refractivity contribution in [3.63, 3.8) is 0 Å². The topological polar surface area (TPSA) is 74.3 Å². The van der Waals surface area contributed by atoms with Gasteiger partial charge in [-0.05, 0) is 30.7 Å². The molecular formula is C18H24N4O2S. The first-order valence-corrected chi connectivity index (χ1v) is 9.88. The van der Waals surface area contributed by atoms with Crippen molar-refractivity contribution in [1.29, 1.82) is 0 Å². The van der Waals surface area contributed by atoms with Gasteiger partial charge in [0.25, 0.3) is 0 Å². The van der Waals surface area contributed by atoms with Crippen LogP contribution in [0.15, 0.2) is 53.6 Å². The molecule has 0 amide bonds. The molecule has 0 bridgehead atoms. The van der Waals surface area contributed by atoms with Crippen LogP contribution in [0.1, 0.15) is 12.5 Å². The van der Waals surface area contributed by atoms with Crippen LogP contribution < -0.4 is 10.0 Å². The fraction of sp³-hybridized carbons (Fsp3) is 0.389. The van der Waals surface area contributed by atoms with Gasteiger partial charge in [0, 0.05) is 31.9 Å². The molecule has 2 heterocycles. The average molecular weight is 360 g/mol. The first kappa shape index (κ1) is 17.8. The van der Waals surface area contributed by atoms with Gasteiger partial charge < -0.3 is 5.32 Å². The SMILES string of the molecule is CNS(=O)(=O)c1ccc(NC2CN(Cc3ccccc3)CC2C)nc1. The van der Waals surface area contributed by atoms with Crippen LogP contribution in [0.3, 0.4) is 0 Å². The third kappa shape index (κ3) is 4.36. The number of nitrogens with one attached hydrogen (secondary N) is 2. The predicted octanol–water partition coefficient (Wildman–Crippen LogP) is 1.92. The molecule has 2 unspecified atom stereocenters. The summed E-state index contributed by atoms with van der Waals surface area (Å²) in [5.41, 5.74) is 1.31. The molecule has 0 saturated carbocycles. The Morgan fingerprint density at radius 3 is 2.56 bits per heavy atom. The lowest BCUT2D eigenvalue weighted by Gasteiger charge is -2.18. The van der Waals surface area contributed by atoms with Crippen molar-refractivity contribution in [3.8, 4) is 0 Å². The van der Waals surface area contributed by atoms with Crippen LogP contribution >= 0.6 is 0 Å². The molecular weight excluding hydrogens is 336 g/mol. The zero-order chi connectivity index (χ0) is 17.9. The fourth-order valence-electron chi connectivity index (χ4n) is 3.16. The van der Waals surface area contributed by atoms with Crippen molar-refractivity contribution in [2.75, 3.05) is 25.5 Å². The molecule has 1 fully saturated rings. The number of sulfonamides is 1. The van der Waals surface area contributed by atoms with Crippen molar-refractivity contribution in [2.24, 2.45) is 5.92 Å². The Hall–Kier alpha value is -1.96. The molecule has 1 aliphatic rings. The molecule has 1 aromatic heterocycles. The summed E-state index contributed by atoms with van der Waals surface area (Å²) in [5.74, 6) is 1.19. The van der Waals surface area contributed by atoms with Crippen LogP contribution in [0.2, 0.25) is 0 Å². The van der Waals surface area contributed by atoms with E-state index in [0.29, 0.717) is 17.8 Å².